The molecule has 4 N–H and O–H groups in total. The smallest absolute Gasteiger partial charge is 0.335 e. The van der Waals surface area contributed by atoms with Crippen LogP contribution in [0.5, 0.6) is 0 Å². The number of nitrogens with zero attached hydrogens (tertiary/aromatic N) is 1. The molecule has 0 bridgehead atoms. The number of aromatic amines is 2. The Morgan fingerprint density at radius 3 is 2.70 bits per heavy atom. The van der Waals surface area contributed by atoms with Crippen molar-refractivity contribution in [2.24, 2.45) is 0 Å². The Morgan fingerprint density at radius 1 is 1.15 bits per heavy atom. The Hall–Kier alpha value is -3.62. The summed E-state index contributed by atoms with van der Waals surface area (Å²) in [6.45, 7) is 0. The molecule has 0 saturated carbocycles. The Morgan fingerprint density at radius 2 is 1.93 bits per heavy atom. The normalized spacial score (nSPS) is 13.3. The zero-order valence-electron chi connectivity index (χ0n) is 14.2. The van der Waals surface area contributed by atoms with E-state index in [0.29, 0.717) is 18.4 Å². The lowest BCUT2D eigenvalue weighted by molar-refractivity contribution is 0.0696. The first-order valence-electron chi connectivity index (χ1n) is 8.49. The summed E-state index contributed by atoms with van der Waals surface area (Å²) in [5.41, 5.74) is 0.469. The van der Waals surface area contributed by atoms with E-state index in [-0.39, 0.29) is 28.0 Å². The molecule has 1 aliphatic rings. The number of aromatic carboxylic acids is 1. The summed E-state index contributed by atoms with van der Waals surface area (Å²) in [7, 11) is 0. The fourth-order valence-electron chi connectivity index (χ4n) is 3.39. The zero-order chi connectivity index (χ0) is 19.1. The maximum Gasteiger partial charge on any atom is 0.335 e. The first-order chi connectivity index (χ1) is 13.0. The van der Waals surface area contributed by atoms with Crippen LogP contribution in [0.1, 0.15) is 44.8 Å². The van der Waals surface area contributed by atoms with Gasteiger partial charge in [-0.05, 0) is 43.9 Å². The number of carbonyl (C=O) groups excluding carboxylic acids is 1. The summed E-state index contributed by atoms with van der Waals surface area (Å²) in [4.78, 5) is 51.7. The number of amides is 1. The SMILES string of the molecule is O=C(O)c1cccc(NC(=O)c2c(=O)[nH]n3c(=O)c4c([nH]c23)CCCC4)c1. The second-order valence-electron chi connectivity index (χ2n) is 6.43. The highest BCUT2D eigenvalue weighted by Crippen LogP contribution is 2.18. The third kappa shape index (κ3) is 2.82. The van der Waals surface area contributed by atoms with Crippen LogP contribution in [0, 0.1) is 0 Å². The Bertz CT molecular complexity index is 1200. The van der Waals surface area contributed by atoms with E-state index in [9.17, 15) is 19.2 Å². The number of aryl methyl sites for hydroxylation is 1. The molecule has 0 fully saturated rings. The lowest BCUT2D eigenvalue weighted by atomic mass is 9.97. The highest BCUT2D eigenvalue weighted by atomic mass is 16.4. The van der Waals surface area contributed by atoms with Gasteiger partial charge in [-0.15, -0.1) is 0 Å². The molecule has 1 amide bonds. The van der Waals surface area contributed by atoms with Gasteiger partial charge in [0.25, 0.3) is 17.0 Å². The third-order valence-corrected chi connectivity index (χ3v) is 4.69. The molecule has 2 aromatic heterocycles. The van der Waals surface area contributed by atoms with E-state index in [2.05, 4.69) is 15.4 Å². The van der Waals surface area contributed by atoms with Crippen molar-refractivity contribution >= 4 is 23.2 Å². The highest BCUT2D eigenvalue weighted by molar-refractivity contribution is 6.08. The Kier molecular flexibility index (Phi) is 3.91. The quantitative estimate of drug-likeness (QED) is 0.550. The van der Waals surface area contributed by atoms with Gasteiger partial charge in [0.05, 0.1) is 5.56 Å². The minimum Gasteiger partial charge on any atom is -0.478 e. The fraction of sp³-hybridized carbons (Fsp3) is 0.222. The number of carboxylic acid groups (broad SMARTS) is 1. The first-order valence-corrected chi connectivity index (χ1v) is 8.49. The monoisotopic (exact) mass is 368 g/mol. The van der Waals surface area contributed by atoms with Crippen molar-refractivity contribution in [2.45, 2.75) is 25.7 Å². The van der Waals surface area contributed by atoms with Gasteiger partial charge >= 0.3 is 5.97 Å². The van der Waals surface area contributed by atoms with Gasteiger partial charge in [0.2, 0.25) is 0 Å². The number of rotatable bonds is 3. The molecule has 4 rings (SSSR count). The molecule has 0 radical (unpaired) electrons. The summed E-state index contributed by atoms with van der Waals surface area (Å²) in [6, 6.07) is 5.68. The fourth-order valence-corrected chi connectivity index (χ4v) is 3.39. The van der Waals surface area contributed by atoms with Crippen molar-refractivity contribution in [3.63, 3.8) is 0 Å². The second-order valence-corrected chi connectivity index (χ2v) is 6.43. The number of carbonyl (C=O) groups is 2. The predicted octanol–water partition coefficient (Wildman–Crippen LogP) is 1.15. The van der Waals surface area contributed by atoms with E-state index in [4.69, 9.17) is 5.11 Å². The number of nitrogens with one attached hydrogen (secondary N) is 3. The Balaban J connectivity index is 1.78. The topological polar surface area (TPSA) is 137 Å². The van der Waals surface area contributed by atoms with Crippen LogP contribution in [0.2, 0.25) is 0 Å². The molecule has 138 valence electrons. The largest absolute Gasteiger partial charge is 0.478 e. The van der Waals surface area contributed by atoms with Crippen LogP contribution in [0.3, 0.4) is 0 Å². The van der Waals surface area contributed by atoms with Gasteiger partial charge in [-0.1, -0.05) is 6.07 Å². The van der Waals surface area contributed by atoms with E-state index in [0.717, 1.165) is 23.1 Å². The number of benzene rings is 1. The maximum atomic E-state index is 12.7. The van der Waals surface area contributed by atoms with Crippen molar-refractivity contribution in [2.75, 3.05) is 5.32 Å². The number of fused-ring (bicyclic) bond motifs is 2. The van der Waals surface area contributed by atoms with Crippen molar-refractivity contribution in [3.8, 4) is 0 Å². The average molecular weight is 368 g/mol. The van der Waals surface area contributed by atoms with E-state index in [1.807, 2.05) is 0 Å². The number of carboxylic acids is 1. The first kappa shape index (κ1) is 16.8. The summed E-state index contributed by atoms with van der Waals surface area (Å²) in [5.74, 6) is -1.86. The van der Waals surface area contributed by atoms with Crippen LogP contribution in [0.15, 0.2) is 33.9 Å². The van der Waals surface area contributed by atoms with Crippen molar-refractivity contribution in [3.05, 3.63) is 67.4 Å². The number of hydrogen-bond donors (Lipinski definition) is 4. The average Bonchev–Trinajstić information content (AvgIpc) is 2.98. The number of anilines is 1. The molecule has 0 spiro atoms. The molecule has 0 saturated heterocycles. The van der Waals surface area contributed by atoms with Gasteiger partial charge in [0, 0.05) is 16.9 Å². The summed E-state index contributed by atoms with van der Waals surface area (Å²) >= 11 is 0. The molecule has 9 heteroatoms. The highest BCUT2D eigenvalue weighted by Gasteiger charge is 2.23. The third-order valence-electron chi connectivity index (χ3n) is 4.69. The van der Waals surface area contributed by atoms with Crippen LogP contribution in [0.25, 0.3) is 5.65 Å². The van der Waals surface area contributed by atoms with E-state index in [1.165, 1.54) is 24.3 Å². The molecule has 1 aliphatic carbocycles. The zero-order valence-corrected chi connectivity index (χ0v) is 14.2. The van der Waals surface area contributed by atoms with Crippen LogP contribution in [-0.2, 0) is 12.8 Å². The number of H-pyrrole nitrogens is 2. The van der Waals surface area contributed by atoms with Crippen LogP contribution < -0.4 is 16.4 Å². The second kappa shape index (κ2) is 6.27. The molecule has 3 aromatic rings. The number of hydrogen-bond acceptors (Lipinski definition) is 4. The lowest BCUT2D eigenvalue weighted by Gasteiger charge is -2.15. The van der Waals surface area contributed by atoms with Crippen molar-refractivity contribution in [1.82, 2.24) is 14.6 Å². The minimum absolute atomic E-state index is 0.00549. The molecular formula is C18H16N4O5. The van der Waals surface area contributed by atoms with E-state index in [1.54, 1.807) is 0 Å². The van der Waals surface area contributed by atoms with Gasteiger partial charge in [0.1, 0.15) is 5.56 Å². The summed E-state index contributed by atoms with van der Waals surface area (Å²) in [6.07, 6.45) is 3.14. The number of aromatic nitrogens is 3. The van der Waals surface area contributed by atoms with Gasteiger partial charge < -0.3 is 15.4 Å². The van der Waals surface area contributed by atoms with Gasteiger partial charge in [-0.3, -0.25) is 19.5 Å². The minimum atomic E-state index is -1.13. The van der Waals surface area contributed by atoms with Crippen LogP contribution in [0.4, 0.5) is 5.69 Å². The van der Waals surface area contributed by atoms with Gasteiger partial charge in [-0.25, -0.2) is 4.79 Å². The van der Waals surface area contributed by atoms with E-state index < -0.39 is 17.4 Å². The molecule has 9 nitrogen and oxygen atoms in total. The molecule has 27 heavy (non-hydrogen) atoms. The molecule has 0 atom stereocenters. The van der Waals surface area contributed by atoms with Crippen LogP contribution >= 0.6 is 0 Å². The van der Waals surface area contributed by atoms with Crippen molar-refractivity contribution in [1.29, 1.82) is 0 Å². The molecule has 0 unspecified atom stereocenters. The predicted molar refractivity (Wildman–Crippen MR) is 96.6 cm³/mol. The van der Waals surface area contributed by atoms with Gasteiger partial charge in [-0.2, -0.15) is 4.52 Å². The summed E-state index contributed by atoms with van der Waals surface area (Å²) in [5, 5.41) is 14.0. The molecule has 1 aromatic carbocycles. The summed E-state index contributed by atoms with van der Waals surface area (Å²) < 4.78 is 1.06. The van der Waals surface area contributed by atoms with Gasteiger partial charge in [0.15, 0.2) is 5.65 Å². The van der Waals surface area contributed by atoms with Crippen LogP contribution in [-0.4, -0.2) is 31.6 Å². The molecular weight excluding hydrogens is 352 g/mol. The molecule has 2 heterocycles. The lowest BCUT2D eigenvalue weighted by Crippen LogP contribution is -2.25. The van der Waals surface area contributed by atoms with E-state index >= 15 is 0 Å². The van der Waals surface area contributed by atoms with Crippen molar-refractivity contribution < 1.29 is 14.7 Å². The molecule has 0 aliphatic heterocycles. The Labute approximate surface area is 151 Å². The maximum absolute atomic E-state index is 12.7. The standard InChI is InChI=1S/C18H16N4O5/c23-15(19-10-5-3-4-9(8-10)18(26)27)13-14-20-12-7-2-1-6-11(12)17(25)22(14)21-16(13)24/h3-5,8,20H,1-2,6-7H2,(H,19,23)(H,21,24)(H,26,27).